The van der Waals surface area contributed by atoms with Gasteiger partial charge in [-0.1, -0.05) is 6.07 Å². The van der Waals surface area contributed by atoms with Crippen molar-refractivity contribution in [2.45, 2.75) is 32.2 Å². The normalized spacial score (nSPS) is 17.2. The number of imidazole rings is 1. The lowest BCUT2D eigenvalue weighted by atomic mass is 10.1. The molecule has 0 spiro atoms. The number of fused-ring (bicyclic) bond motifs is 4. The van der Waals surface area contributed by atoms with Gasteiger partial charge in [-0.15, -0.1) is 0 Å². The van der Waals surface area contributed by atoms with E-state index in [-0.39, 0.29) is 30.8 Å². The lowest BCUT2D eigenvalue weighted by Crippen LogP contribution is -2.40. The van der Waals surface area contributed by atoms with Gasteiger partial charge in [0.1, 0.15) is 17.3 Å². The summed E-state index contributed by atoms with van der Waals surface area (Å²) in [7, 11) is 3.21. The molecule has 2 aliphatic heterocycles. The minimum atomic E-state index is -0.250. The van der Waals surface area contributed by atoms with Crippen molar-refractivity contribution in [2.75, 3.05) is 66.8 Å². The first-order chi connectivity index (χ1) is 23.0. The first kappa shape index (κ1) is 35.1. The van der Waals surface area contributed by atoms with E-state index in [0.29, 0.717) is 82.0 Å². The minimum absolute atomic E-state index is 0.0879. The Morgan fingerprint density at radius 2 is 1.72 bits per heavy atom. The van der Waals surface area contributed by atoms with Crippen LogP contribution < -0.4 is 18.9 Å². The van der Waals surface area contributed by atoms with Gasteiger partial charge in [0.15, 0.2) is 18.1 Å². The molecule has 0 aliphatic carbocycles. The van der Waals surface area contributed by atoms with Gasteiger partial charge < -0.3 is 43.2 Å². The Morgan fingerprint density at radius 3 is 2.47 bits per heavy atom. The Kier molecular flexibility index (Phi) is 13.7. The number of methoxy groups -OCH3 is 2. The Balaban J connectivity index is 0.00000160. The molecule has 2 amide bonds. The average molecular weight is 653 g/mol. The quantitative estimate of drug-likeness (QED) is 0.393. The van der Waals surface area contributed by atoms with E-state index >= 15 is 0 Å². The zero-order valence-electron chi connectivity index (χ0n) is 27.0. The number of aromatic nitrogens is 2. The number of carboxylic acid groups (broad SMARTS) is 1. The van der Waals surface area contributed by atoms with Crippen molar-refractivity contribution >= 4 is 18.3 Å². The second-order valence-corrected chi connectivity index (χ2v) is 11.1. The van der Waals surface area contributed by atoms with Crippen molar-refractivity contribution in [3.8, 4) is 34.4 Å². The van der Waals surface area contributed by atoms with Crippen LogP contribution >= 0.6 is 0 Å². The van der Waals surface area contributed by atoms with E-state index in [2.05, 4.69) is 4.98 Å². The van der Waals surface area contributed by atoms with Crippen molar-refractivity contribution in [3.63, 3.8) is 0 Å². The lowest BCUT2D eigenvalue weighted by Gasteiger charge is -2.27. The van der Waals surface area contributed by atoms with Gasteiger partial charge in [-0.05, 0) is 56.0 Å². The van der Waals surface area contributed by atoms with Gasteiger partial charge >= 0.3 is 0 Å². The molecule has 1 saturated heterocycles. The molecule has 3 heterocycles. The summed E-state index contributed by atoms with van der Waals surface area (Å²) < 4.78 is 30.4. The number of hydrogen-bond acceptors (Lipinski definition) is 9. The van der Waals surface area contributed by atoms with Crippen LogP contribution in [-0.4, -0.2) is 110 Å². The number of nitrogens with zero attached hydrogens (tertiary/aromatic N) is 4. The molecule has 1 fully saturated rings. The number of rotatable bonds is 6. The minimum Gasteiger partial charge on any atom is -0.497 e. The third kappa shape index (κ3) is 10.1. The third-order valence-electron chi connectivity index (χ3n) is 8.03. The lowest BCUT2D eigenvalue weighted by molar-refractivity contribution is -0.136. The highest BCUT2D eigenvalue weighted by atomic mass is 16.5. The van der Waals surface area contributed by atoms with E-state index in [4.69, 9.17) is 33.6 Å². The molecule has 47 heavy (non-hydrogen) atoms. The Morgan fingerprint density at radius 1 is 0.957 bits per heavy atom. The van der Waals surface area contributed by atoms with Crippen LogP contribution in [0.2, 0.25) is 0 Å². The van der Waals surface area contributed by atoms with Crippen molar-refractivity contribution < 1.29 is 43.2 Å². The average Bonchev–Trinajstić information content (AvgIpc) is 3.81. The molecule has 1 atom stereocenters. The highest BCUT2D eigenvalue weighted by molar-refractivity contribution is 5.79. The summed E-state index contributed by atoms with van der Waals surface area (Å²) in [4.78, 5) is 43.5. The topological polar surface area (TPSA) is 142 Å². The van der Waals surface area contributed by atoms with Crippen LogP contribution in [0.5, 0.6) is 23.0 Å². The van der Waals surface area contributed by atoms with Gasteiger partial charge in [0.2, 0.25) is 5.91 Å². The van der Waals surface area contributed by atoms with Crippen LogP contribution in [0.4, 0.5) is 0 Å². The van der Waals surface area contributed by atoms with E-state index in [1.807, 2.05) is 50.9 Å². The second-order valence-electron chi connectivity index (χ2n) is 11.1. The molecule has 0 saturated carbocycles. The summed E-state index contributed by atoms with van der Waals surface area (Å²) in [6.45, 7) is 3.97. The molecule has 13 nitrogen and oxygen atoms in total. The van der Waals surface area contributed by atoms with Crippen LogP contribution in [0.25, 0.3) is 11.4 Å². The molecule has 1 aromatic heterocycles. The molecule has 2 bridgehead atoms. The Labute approximate surface area is 274 Å². The molecule has 13 heteroatoms. The first-order valence-electron chi connectivity index (χ1n) is 15.8. The molecule has 2 aliphatic rings. The summed E-state index contributed by atoms with van der Waals surface area (Å²) in [6.07, 6.45) is 6.62. The maximum absolute atomic E-state index is 13.5. The van der Waals surface area contributed by atoms with Crippen LogP contribution in [0.1, 0.15) is 25.7 Å². The van der Waals surface area contributed by atoms with Crippen LogP contribution in [-0.2, 0) is 25.7 Å². The molecule has 2 aromatic carbocycles. The standard InChI is InChI=1S/C33H42N4O7.CH2O2/c1-40-27-7-5-8-28(22-27)44-24-31(38)35-13-3-4-14-37(33(39)26-11-20-42-23-26)15-6-19-43-30-21-25(9-10-29(30)41-2)32-34-12-16-36(32)18-17-35;2-1-3/h5,7-10,12,16,21-22,26H,3-4,6,11,13-15,17-20,23-24H2,1-2H3;1H,(H,2,3). The van der Waals surface area contributed by atoms with Crippen LogP contribution in [0.3, 0.4) is 0 Å². The van der Waals surface area contributed by atoms with Gasteiger partial charge in [-0.3, -0.25) is 14.4 Å². The number of carbonyl (C=O) groups excluding carboxylic acids is 2. The van der Waals surface area contributed by atoms with Crippen molar-refractivity contribution in [1.82, 2.24) is 19.4 Å². The van der Waals surface area contributed by atoms with Crippen LogP contribution in [0.15, 0.2) is 54.9 Å². The molecular formula is C34H44N4O9. The first-order valence-corrected chi connectivity index (χ1v) is 15.8. The monoisotopic (exact) mass is 652 g/mol. The van der Waals surface area contributed by atoms with Gasteiger partial charge in [0.05, 0.1) is 33.4 Å². The van der Waals surface area contributed by atoms with E-state index < -0.39 is 0 Å². The maximum Gasteiger partial charge on any atom is 0.290 e. The van der Waals surface area contributed by atoms with E-state index in [1.54, 1.807) is 32.5 Å². The predicted octanol–water partition coefficient (Wildman–Crippen LogP) is 3.60. The maximum atomic E-state index is 13.5. The number of ether oxygens (including phenoxy) is 5. The van der Waals surface area contributed by atoms with Gasteiger partial charge in [-0.25, -0.2) is 4.98 Å². The molecule has 5 rings (SSSR count). The van der Waals surface area contributed by atoms with Gasteiger partial charge in [0, 0.05) is 63.4 Å². The number of carbonyl (C=O) groups is 3. The van der Waals surface area contributed by atoms with Gasteiger partial charge in [-0.2, -0.15) is 0 Å². The Hall–Kier alpha value is -4.78. The molecule has 3 aromatic rings. The fourth-order valence-electron chi connectivity index (χ4n) is 5.56. The molecule has 254 valence electrons. The van der Waals surface area contributed by atoms with E-state index in [1.165, 1.54) is 0 Å². The summed E-state index contributed by atoms with van der Waals surface area (Å²) in [5, 5.41) is 6.89. The molecular weight excluding hydrogens is 608 g/mol. The van der Waals surface area contributed by atoms with E-state index in [0.717, 1.165) is 30.7 Å². The summed E-state index contributed by atoms with van der Waals surface area (Å²) in [5.74, 6) is 3.19. The zero-order valence-corrected chi connectivity index (χ0v) is 27.0. The smallest absolute Gasteiger partial charge is 0.290 e. The highest BCUT2D eigenvalue weighted by Crippen LogP contribution is 2.32. The van der Waals surface area contributed by atoms with Crippen molar-refractivity contribution in [2.24, 2.45) is 5.92 Å². The number of amides is 2. The molecule has 1 unspecified atom stereocenters. The fourth-order valence-corrected chi connectivity index (χ4v) is 5.56. The van der Waals surface area contributed by atoms with Gasteiger partial charge in [0.25, 0.3) is 12.4 Å². The number of benzene rings is 2. The SMILES string of the molecule is COc1cccc(OCC(=O)N2CCCCN(C(=O)C3CCOC3)CCCOc3cc(ccc3OC)-c3nccn3CC2)c1.O=CO. The van der Waals surface area contributed by atoms with Crippen LogP contribution in [0, 0.1) is 5.92 Å². The highest BCUT2D eigenvalue weighted by Gasteiger charge is 2.28. The summed E-state index contributed by atoms with van der Waals surface area (Å²) >= 11 is 0. The summed E-state index contributed by atoms with van der Waals surface area (Å²) in [6, 6.07) is 13.0. The predicted molar refractivity (Wildman–Crippen MR) is 173 cm³/mol. The van der Waals surface area contributed by atoms with Crippen molar-refractivity contribution in [1.29, 1.82) is 0 Å². The number of hydrogen-bond donors (Lipinski definition) is 1. The fraction of sp³-hybridized carbons (Fsp3) is 0.471. The third-order valence-corrected chi connectivity index (χ3v) is 8.03. The summed E-state index contributed by atoms with van der Waals surface area (Å²) in [5.41, 5.74) is 0.882. The van der Waals surface area contributed by atoms with Crippen molar-refractivity contribution in [3.05, 3.63) is 54.9 Å². The van der Waals surface area contributed by atoms with E-state index in [9.17, 15) is 9.59 Å². The molecule has 1 N–H and O–H groups in total. The second kappa shape index (κ2) is 18.4. The molecule has 0 radical (unpaired) electrons. The zero-order chi connectivity index (χ0) is 33.4. The largest absolute Gasteiger partial charge is 0.497 e. The Bertz CT molecular complexity index is 1440.